The fraction of sp³-hybridized carbons (Fsp3) is 0.256. The topological polar surface area (TPSA) is 157 Å². The molecule has 16 heteroatoms. The largest absolute Gasteiger partial charge is 0.495 e. The minimum absolute atomic E-state index is 0.0200. The Hall–Kier alpha value is -5.39. The summed E-state index contributed by atoms with van der Waals surface area (Å²) in [5.74, 6) is 0.174. The lowest BCUT2D eigenvalue weighted by molar-refractivity contribution is 0.0487. The van der Waals surface area contributed by atoms with Gasteiger partial charge in [0.2, 0.25) is 0 Å². The Morgan fingerprint density at radius 3 is 2.10 bits per heavy atom. The highest BCUT2D eigenvalue weighted by Gasteiger charge is 2.33. The van der Waals surface area contributed by atoms with Gasteiger partial charge < -0.3 is 19.5 Å². The molecule has 1 N–H and O–H groups in total. The molecule has 4 aromatic carbocycles. The molecule has 0 aliphatic carbocycles. The zero-order valence-electron chi connectivity index (χ0n) is 33.8. The number of carbonyl (C=O) groups excluding carboxylic acids is 1. The quantitative estimate of drug-likeness (QED) is 0.0988. The Morgan fingerprint density at radius 2 is 1.51 bits per heavy atom. The highest BCUT2D eigenvalue weighted by molar-refractivity contribution is 7.99. The van der Waals surface area contributed by atoms with E-state index in [2.05, 4.69) is 11.9 Å². The Morgan fingerprint density at radius 1 is 0.881 bits per heavy atom. The van der Waals surface area contributed by atoms with E-state index in [-0.39, 0.29) is 38.7 Å². The first kappa shape index (κ1) is 43.2. The van der Waals surface area contributed by atoms with Gasteiger partial charge in [-0.1, -0.05) is 71.9 Å². The van der Waals surface area contributed by atoms with E-state index in [9.17, 15) is 21.6 Å². The lowest BCUT2D eigenvalue weighted by Crippen LogP contribution is -2.37. The number of fused-ring (bicyclic) bond motifs is 1. The average Bonchev–Trinajstić information content (AvgIpc) is 3.78. The Balaban J connectivity index is 1.60. The van der Waals surface area contributed by atoms with Crippen LogP contribution < -0.4 is 10.1 Å². The summed E-state index contributed by atoms with van der Waals surface area (Å²) < 4.78 is 82.2. The SMILES string of the molecule is C=C(c1ccc(OC)c2c1c(C(COS(=O)(=O)c1ccc(C)cc1)NC(=O)OC(C)(C)C)cn2S(=O)(=O)c1ccc(C)cc1)c1cnc(Sc2ccccc2)n1COC. The first-order valence-electron chi connectivity index (χ1n) is 18.4. The zero-order chi connectivity index (χ0) is 42.7. The number of aryl methyl sites for hydroxylation is 2. The maximum absolute atomic E-state index is 14.7. The van der Waals surface area contributed by atoms with Gasteiger partial charge in [-0.2, -0.15) is 8.42 Å². The monoisotopic (exact) mass is 858 g/mol. The number of nitrogens with zero attached hydrogens (tertiary/aromatic N) is 3. The van der Waals surface area contributed by atoms with Crippen LogP contribution in [0.3, 0.4) is 0 Å². The molecule has 0 aliphatic rings. The van der Waals surface area contributed by atoms with E-state index in [0.29, 0.717) is 22.0 Å². The molecule has 0 bridgehead atoms. The van der Waals surface area contributed by atoms with E-state index in [1.807, 2.05) is 48.7 Å². The normalized spacial score (nSPS) is 12.7. The van der Waals surface area contributed by atoms with Crippen LogP contribution in [0.5, 0.6) is 5.75 Å². The second-order valence-electron chi connectivity index (χ2n) is 14.7. The van der Waals surface area contributed by atoms with Crippen molar-refractivity contribution < 1.29 is 40.0 Å². The molecular weight excluding hydrogens is 813 g/mol. The number of carbonyl (C=O) groups is 1. The third kappa shape index (κ3) is 9.58. The minimum Gasteiger partial charge on any atom is -0.495 e. The van der Waals surface area contributed by atoms with Crippen molar-refractivity contribution in [1.82, 2.24) is 18.8 Å². The third-order valence-corrected chi connectivity index (χ3v) is 13.1. The van der Waals surface area contributed by atoms with Gasteiger partial charge >= 0.3 is 6.09 Å². The maximum Gasteiger partial charge on any atom is 0.408 e. The predicted molar refractivity (Wildman–Crippen MR) is 227 cm³/mol. The van der Waals surface area contributed by atoms with Crippen molar-refractivity contribution in [3.05, 3.63) is 138 Å². The Labute approximate surface area is 349 Å². The zero-order valence-corrected chi connectivity index (χ0v) is 36.2. The van der Waals surface area contributed by atoms with Crippen LogP contribution in [0.25, 0.3) is 16.5 Å². The van der Waals surface area contributed by atoms with Crippen LogP contribution in [0.2, 0.25) is 0 Å². The molecule has 0 fully saturated rings. The molecule has 0 saturated carbocycles. The number of hydrogen-bond donors (Lipinski definition) is 1. The molecule has 1 amide bonds. The van der Waals surface area contributed by atoms with Crippen LogP contribution in [0.1, 0.15) is 54.8 Å². The molecule has 0 spiro atoms. The van der Waals surface area contributed by atoms with Gasteiger partial charge in [0.15, 0.2) is 5.16 Å². The van der Waals surface area contributed by atoms with Crippen LogP contribution in [0.15, 0.2) is 130 Å². The van der Waals surface area contributed by atoms with Crippen LogP contribution in [0.4, 0.5) is 4.79 Å². The first-order valence-corrected chi connectivity index (χ1v) is 22.1. The third-order valence-electron chi connectivity index (χ3n) is 9.13. The van der Waals surface area contributed by atoms with Crippen LogP contribution >= 0.6 is 11.8 Å². The van der Waals surface area contributed by atoms with Crippen LogP contribution in [-0.2, 0) is 40.5 Å². The van der Waals surface area contributed by atoms with Gasteiger partial charge in [0.25, 0.3) is 20.1 Å². The van der Waals surface area contributed by atoms with Gasteiger partial charge in [0, 0.05) is 34.7 Å². The van der Waals surface area contributed by atoms with E-state index in [1.54, 1.807) is 70.5 Å². The number of ether oxygens (including phenoxy) is 3. The summed E-state index contributed by atoms with van der Waals surface area (Å²) in [5, 5.41) is 3.65. The van der Waals surface area contributed by atoms with Gasteiger partial charge in [0.1, 0.15) is 23.6 Å². The fourth-order valence-electron chi connectivity index (χ4n) is 6.29. The highest BCUT2D eigenvalue weighted by Crippen LogP contribution is 2.42. The molecule has 0 saturated heterocycles. The van der Waals surface area contributed by atoms with Crippen molar-refractivity contribution >= 4 is 54.5 Å². The number of methoxy groups -OCH3 is 2. The molecule has 1 atom stereocenters. The number of hydrogen-bond acceptors (Lipinski definition) is 11. The second kappa shape index (κ2) is 17.5. The van der Waals surface area contributed by atoms with E-state index < -0.39 is 44.5 Å². The molecular formula is C43H46N4O9S3. The van der Waals surface area contributed by atoms with Gasteiger partial charge in [-0.05, 0) is 88.7 Å². The van der Waals surface area contributed by atoms with Crippen molar-refractivity contribution in [2.24, 2.45) is 0 Å². The van der Waals surface area contributed by atoms with Crippen molar-refractivity contribution in [2.45, 2.75) is 72.8 Å². The van der Waals surface area contributed by atoms with Crippen molar-refractivity contribution in [2.75, 3.05) is 20.8 Å². The minimum atomic E-state index is -4.38. The van der Waals surface area contributed by atoms with Crippen molar-refractivity contribution in [1.29, 1.82) is 0 Å². The van der Waals surface area contributed by atoms with Crippen molar-refractivity contribution in [3.8, 4) is 5.75 Å². The summed E-state index contributed by atoms with van der Waals surface area (Å²) in [6.07, 6.45) is 2.09. The molecule has 0 radical (unpaired) electrons. The number of imidazole rings is 1. The summed E-state index contributed by atoms with van der Waals surface area (Å²) in [6, 6.07) is 24.2. The standard InChI is InChI=1S/C43H46N4O9S3/c1-28-14-18-32(19-15-28)58(49,50)47-25-35(36(45-42(48)56-43(4,5)6)26-55-59(51,52)33-20-16-29(2)17-21-33)39-34(22-23-38(54-8)40(39)47)30(3)37-24-44-41(46(37)27-53-7)57-31-12-10-9-11-13-31/h9-25,36H,3,26-27H2,1-2,4-8H3,(H,45,48). The Bertz CT molecular complexity index is 2700. The average molecular weight is 859 g/mol. The lowest BCUT2D eigenvalue weighted by Gasteiger charge is -2.24. The summed E-state index contributed by atoms with van der Waals surface area (Å²) in [6.45, 7) is 12.6. The van der Waals surface area contributed by atoms with Gasteiger partial charge in [-0.3, -0.25) is 8.75 Å². The molecule has 13 nitrogen and oxygen atoms in total. The van der Waals surface area contributed by atoms with Crippen molar-refractivity contribution in [3.63, 3.8) is 0 Å². The summed E-state index contributed by atoms with van der Waals surface area (Å²) >= 11 is 1.42. The smallest absolute Gasteiger partial charge is 0.408 e. The summed E-state index contributed by atoms with van der Waals surface area (Å²) in [5.41, 5.74) is 2.43. The number of aromatic nitrogens is 3. The molecule has 1 unspecified atom stereocenters. The summed E-state index contributed by atoms with van der Waals surface area (Å²) in [4.78, 5) is 19.1. The molecule has 6 aromatic rings. The molecule has 2 aromatic heterocycles. The lowest BCUT2D eigenvalue weighted by atomic mass is 9.95. The van der Waals surface area contributed by atoms with E-state index >= 15 is 0 Å². The molecule has 0 aliphatic heterocycles. The molecule has 6 rings (SSSR count). The van der Waals surface area contributed by atoms with Gasteiger partial charge in [-0.15, -0.1) is 0 Å². The van der Waals surface area contributed by atoms with E-state index in [0.717, 1.165) is 20.0 Å². The van der Waals surface area contributed by atoms with E-state index in [1.165, 1.54) is 49.3 Å². The van der Waals surface area contributed by atoms with Crippen LogP contribution in [0, 0.1) is 13.8 Å². The second-order valence-corrected chi connectivity index (χ2v) is 19.1. The molecule has 59 heavy (non-hydrogen) atoms. The Kier molecular flexibility index (Phi) is 12.8. The van der Waals surface area contributed by atoms with Gasteiger partial charge in [-0.25, -0.2) is 22.2 Å². The number of amides is 1. The fourth-order valence-corrected chi connectivity index (χ4v) is 9.46. The number of rotatable bonds is 15. The number of nitrogens with one attached hydrogen (secondary N) is 1. The number of benzene rings is 4. The maximum atomic E-state index is 14.7. The molecule has 310 valence electrons. The summed E-state index contributed by atoms with van der Waals surface area (Å²) in [7, 11) is -5.78. The number of alkyl carbamates (subject to hydrolysis) is 1. The molecule has 2 heterocycles. The first-order chi connectivity index (χ1) is 27.9. The van der Waals surface area contributed by atoms with E-state index in [4.69, 9.17) is 23.4 Å². The van der Waals surface area contributed by atoms with Gasteiger partial charge in [0.05, 0.1) is 41.4 Å². The van der Waals surface area contributed by atoms with Crippen LogP contribution in [-0.4, -0.2) is 62.9 Å². The highest BCUT2D eigenvalue weighted by atomic mass is 32.2. The predicted octanol–water partition coefficient (Wildman–Crippen LogP) is 8.49.